The second-order valence-corrected chi connectivity index (χ2v) is 12.5. The number of nitrogens with one attached hydrogen (secondary N) is 2. The van der Waals surface area contributed by atoms with E-state index in [0.29, 0.717) is 55.4 Å². The summed E-state index contributed by atoms with van der Waals surface area (Å²) >= 11 is 0. The number of benzene rings is 3. The number of carbonyl (C=O) groups is 2. The van der Waals surface area contributed by atoms with Gasteiger partial charge in [-0.2, -0.15) is 0 Å². The number of rotatable bonds is 15. The number of aliphatic hydroxyl groups excluding tert-OH is 1. The van der Waals surface area contributed by atoms with Gasteiger partial charge in [0, 0.05) is 50.2 Å². The number of amides is 2. The molecule has 5 rings (SSSR count). The number of nitrogen functional groups attached to an aromatic ring is 1. The van der Waals surface area contributed by atoms with Crippen LogP contribution in [-0.4, -0.2) is 60.8 Å². The van der Waals surface area contributed by atoms with Crippen molar-refractivity contribution in [3.05, 3.63) is 89.5 Å². The first-order valence-electron chi connectivity index (χ1n) is 16.7. The van der Waals surface area contributed by atoms with Gasteiger partial charge < -0.3 is 35.7 Å². The van der Waals surface area contributed by atoms with E-state index >= 15 is 0 Å². The first-order valence-corrected chi connectivity index (χ1v) is 16.7. The summed E-state index contributed by atoms with van der Waals surface area (Å²) in [5, 5.41) is 15.3. The van der Waals surface area contributed by atoms with Gasteiger partial charge in [0.15, 0.2) is 6.29 Å². The van der Waals surface area contributed by atoms with Crippen molar-refractivity contribution >= 4 is 28.9 Å². The van der Waals surface area contributed by atoms with Crippen molar-refractivity contribution in [2.75, 3.05) is 43.2 Å². The van der Waals surface area contributed by atoms with Crippen LogP contribution in [0, 0.1) is 0 Å². The van der Waals surface area contributed by atoms with Crippen molar-refractivity contribution in [3.8, 4) is 0 Å². The van der Waals surface area contributed by atoms with E-state index in [-0.39, 0.29) is 30.6 Å². The van der Waals surface area contributed by atoms with Crippen molar-refractivity contribution in [3.63, 3.8) is 0 Å². The van der Waals surface area contributed by atoms with Crippen LogP contribution in [0.25, 0.3) is 0 Å². The fraction of sp³-hybridized carbons (Fsp3) is 0.459. The number of para-hydroxylation sites is 2. The van der Waals surface area contributed by atoms with Gasteiger partial charge >= 0.3 is 0 Å². The molecule has 0 spiro atoms. The Balaban J connectivity index is 1.12. The zero-order valence-electron chi connectivity index (χ0n) is 27.2. The minimum atomic E-state index is -0.556. The van der Waals surface area contributed by atoms with Crippen LogP contribution in [-0.2, 0) is 30.4 Å². The third kappa shape index (κ3) is 10.1. The van der Waals surface area contributed by atoms with Crippen molar-refractivity contribution < 1.29 is 28.9 Å². The number of unbranched alkanes of at least 4 members (excludes halogenated alkanes) is 2. The molecule has 4 atom stereocenters. The number of methoxy groups -OCH3 is 1. The topological polar surface area (TPSA) is 135 Å². The molecule has 10 heteroatoms. The van der Waals surface area contributed by atoms with Crippen LogP contribution in [0.3, 0.4) is 0 Å². The number of nitrogens with zero attached hydrogens (tertiary/aromatic N) is 1. The Bertz CT molecular complexity index is 1430. The summed E-state index contributed by atoms with van der Waals surface area (Å²) in [6.07, 6.45) is 5.18. The molecule has 2 aliphatic rings. The molecule has 0 saturated carbocycles. The van der Waals surface area contributed by atoms with Crippen LogP contribution in [0.4, 0.5) is 17.1 Å². The maximum Gasteiger partial charge on any atom is 0.224 e. The quantitative estimate of drug-likeness (QED) is 0.118. The van der Waals surface area contributed by atoms with Crippen LogP contribution >= 0.6 is 0 Å². The highest BCUT2D eigenvalue weighted by atomic mass is 16.7. The molecule has 47 heavy (non-hydrogen) atoms. The number of hydrogen-bond donors (Lipinski definition) is 4. The Morgan fingerprint density at radius 3 is 2.32 bits per heavy atom. The predicted molar refractivity (Wildman–Crippen MR) is 183 cm³/mol. The number of aliphatic hydroxyl groups is 1. The number of hydrogen-bond acceptors (Lipinski definition) is 8. The fourth-order valence-corrected chi connectivity index (χ4v) is 6.33. The van der Waals surface area contributed by atoms with Crippen molar-refractivity contribution in [2.45, 2.75) is 82.5 Å². The number of likely N-dealkylation sites (tertiary alicyclic amines) is 1. The molecule has 5 N–H and O–H groups in total. The van der Waals surface area contributed by atoms with Crippen LogP contribution in [0.5, 0.6) is 0 Å². The van der Waals surface area contributed by atoms with E-state index < -0.39 is 6.29 Å². The molecular weight excluding hydrogens is 596 g/mol. The lowest BCUT2D eigenvalue weighted by Crippen LogP contribution is -2.42. The highest BCUT2D eigenvalue weighted by molar-refractivity contribution is 5.93. The molecule has 0 unspecified atom stereocenters. The molecule has 2 fully saturated rings. The van der Waals surface area contributed by atoms with Gasteiger partial charge in [0.05, 0.1) is 36.8 Å². The second kappa shape index (κ2) is 17.4. The minimum absolute atomic E-state index is 0.00305. The zero-order valence-corrected chi connectivity index (χ0v) is 27.2. The van der Waals surface area contributed by atoms with E-state index in [4.69, 9.17) is 19.9 Å². The SMILES string of the molecule is COC[C@@H]1CCCN1C[C@H]1C[C@@H](c2ccc(CO)cc2)O[C@@H](c2ccc(NC(=O)CCCCCC(=O)Nc3ccccc3N)cc2)O1. The zero-order chi connectivity index (χ0) is 33.0. The van der Waals surface area contributed by atoms with Crippen molar-refractivity contribution in [1.82, 2.24) is 4.90 Å². The molecule has 3 aromatic rings. The lowest BCUT2D eigenvalue weighted by molar-refractivity contribution is -0.253. The smallest absolute Gasteiger partial charge is 0.224 e. The van der Waals surface area contributed by atoms with Crippen LogP contribution < -0.4 is 16.4 Å². The molecule has 2 heterocycles. The molecule has 2 amide bonds. The Morgan fingerprint density at radius 1 is 0.915 bits per heavy atom. The summed E-state index contributed by atoms with van der Waals surface area (Å²) < 4.78 is 18.5. The molecule has 0 aromatic heterocycles. The molecule has 10 nitrogen and oxygen atoms in total. The Kier molecular flexibility index (Phi) is 12.8. The maximum atomic E-state index is 12.6. The lowest BCUT2D eigenvalue weighted by Gasteiger charge is -2.38. The van der Waals surface area contributed by atoms with Gasteiger partial charge in [-0.3, -0.25) is 14.5 Å². The molecule has 2 aliphatic heterocycles. The summed E-state index contributed by atoms with van der Waals surface area (Å²) in [6.45, 7) is 2.55. The van der Waals surface area contributed by atoms with E-state index in [2.05, 4.69) is 15.5 Å². The molecular formula is C37H48N4O6. The summed E-state index contributed by atoms with van der Waals surface area (Å²) in [7, 11) is 1.75. The number of ether oxygens (including phenoxy) is 3. The standard InChI is InChI=1S/C37H48N4O6/c1-45-25-30-8-7-21-41(30)23-31-22-34(27-15-13-26(24-42)14-16-27)47-37(46-31)28-17-19-29(20-18-28)39-35(43)11-3-2-4-12-36(44)40-33-10-6-5-9-32(33)38/h5-6,9-10,13-20,30-31,34,37,42H,2-4,7-8,11-12,21-25,38H2,1H3,(H,39,43)(H,40,44)/t30-,31+,34-,37-/m0/s1. The third-order valence-electron chi connectivity index (χ3n) is 8.92. The lowest BCUT2D eigenvalue weighted by atomic mass is 9.99. The minimum Gasteiger partial charge on any atom is -0.397 e. The van der Waals surface area contributed by atoms with Gasteiger partial charge in [0.25, 0.3) is 0 Å². The van der Waals surface area contributed by atoms with E-state index in [1.807, 2.05) is 60.7 Å². The Hall–Kier alpha value is -3.80. The highest BCUT2D eigenvalue weighted by Crippen LogP contribution is 2.39. The van der Waals surface area contributed by atoms with E-state index in [9.17, 15) is 14.7 Å². The summed E-state index contributed by atoms with van der Waals surface area (Å²) in [5.74, 6) is -0.144. The third-order valence-corrected chi connectivity index (χ3v) is 8.92. The van der Waals surface area contributed by atoms with Gasteiger partial charge in [-0.1, -0.05) is 55.0 Å². The average molecular weight is 645 g/mol. The van der Waals surface area contributed by atoms with Crippen LogP contribution in [0.1, 0.15) is 80.5 Å². The Labute approximate surface area is 277 Å². The van der Waals surface area contributed by atoms with Gasteiger partial charge in [-0.25, -0.2) is 0 Å². The van der Waals surface area contributed by atoms with Crippen LogP contribution in [0.15, 0.2) is 72.8 Å². The highest BCUT2D eigenvalue weighted by Gasteiger charge is 2.35. The van der Waals surface area contributed by atoms with E-state index in [0.717, 1.165) is 55.5 Å². The monoisotopic (exact) mass is 644 g/mol. The fourth-order valence-electron chi connectivity index (χ4n) is 6.33. The van der Waals surface area contributed by atoms with Crippen molar-refractivity contribution in [2.24, 2.45) is 0 Å². The maximum absolute atomic E-state index is 12.6. The number of anilines is 3. The summed E-state index contributed by atoms with van der Waals surface area (Å²) in [4.78, 5) is 27.3. The van der Waals surface area contributed by atoms with Gasteiger partial charge in [-0.15, -0.1) is 0 Å². The Morgan fingerprint density at radius 2 is 1.62 bits per heavy atom. The molecule has 0 bridgehead atoms. The molecule has 3 aromatic carbocycles. The molecule has 252 valence electrons. The van der Waals surface area contributed by atoms with Crippen molar-refractivity contribution in [1.29, 1.82) is 0 Å². The molecule has 0 radical (unpaired) electrons. The first kappa shape index (κ1) is 34.5. The largest absolute Gasteiger partial charge is 0.397 e. The molecule has 2 saturated heterocycles. The predicted octanol–water partition coefficient (Wildman–Crippen LogP) is 5.95. The number of nitrogens with two attached hydrogens (primary N) is 1. The van der Waals surface area contributed by atoms with Gasteiger partial charge in [0.2, 0.25) is 11.8 Å². The second-order valence-electron chi connectivity index (χ2n) is 12.5. The van der Waals surface area contributed by atoms with E-state index in [1.54, 1.807) is 19.2 Å². The summed E-state index contributed by atoms with van der Waals surface area (Å²) in [6, 6.07) is 23.1. The normalized spacial score (nSPS) is 21.4. The van der Waals surface area contributed by atoms with Gasteiger partial charge in [0.1, 0.15) is 0 Å². The first-order chi connectivity index (χ1) is 22.9. The molecule has 0 aliphatic carbocycles. The van der Waals surface area contributed by atoms with Gasteiger partial charge in [-0.05, 0) is 67.6 Å². The van der Waals surface area contributed by atoms with E-state index in [1.165, 1.54) is 0 Å². The average Bonchev–Trinajstić information content (AvgIpc) is 3.52. The van der Waals surface area contributed by atoms with Crippen LogP contribution in [0.2, 0.25) is 0 Å². The summed E-state index contributed by atoms with van der Waals surface area (Å²) in [5.41, 5.74) is 10.6. The number of carbonyl (C=O) groups excluding carboxylic acids is 2.